The van der Waals surface area contributed by atoms with Gasteiger partial charge < -0.3 is 5.32 Å². The maximum atomic E-state index is 5.63. The summed E-state index contributed by atoms with van der Waals surface area (Å²) in [5, 5.41) is 3.64. The fourth-order valence-electron chi connectivity index (χ4n) is 2.39. The Hall–Kier alpha value is -0.0500. The first kappa shape index (κ1) is 14.0. The first-order chi connectivity index (χ1) is 7.72. The monoisotopic (exact) mass is 244 g/mol. The molecule has 1 N–H and O–H groups in total. The van der Waals surface area contributed by atoms with Crippen molar-refractivity contribution in [1.82, 2.24) is 10.2 Å². The topological polar surface area (TPSA) is 15.3 Å². The Kier molecular flexibility index (Phi) is 6.40. The minimum Gasteiger partial charge on any atom is -0.311 e. The van der Waals surface area contributed by atoms with Crippen molar-refractivity contribution in [2.75, 3.05) is 19.6 Å². The van der Waals surface area contributed by atoms with Crippen LogP contribution in [0.2, 0.25) is 0 Å². The molecule has 0 amide bonds. The quantitative estimate of drug-likeness (QED) is 0.800. The Bertz CT molecular complexity index is 218. The summed E-state index contributed by atoms with van der Waals surface area (Å²) in [4.78, 5) is 2.57. The second-order valence-electron chi connectivity index (χ2n) is 4.78. The molecule has 0 saturated carbocycles. The molecule has 3 heteroatoms. The predicted octanol–water partition coefficient (Wildman–Crippen LogP) is 2.84. The lowest BCUT2D eigenvalue weighted by molar-refractivity contribution is 0.103. The maximum Gasteiger partial charge on any atom is 0.0250 e. The van der Waals surface area contributed by atoms with Gasteiger partial charge in [0, 0.05) is 37.3 Å². The van der Waals surface area contributed by atoms with Gasteiger partial charge in [-0.2, -0.15) is 0 Å². The van der Waals surface area contributed by atoms with Crippen molar-refractivity contribution >= 4 is 11.6 Å². The zero-order valence-corrected chi connectivity index (χ0v) is 11.5. The van der Waals surface area contributed by atoms with Gasteiger partial charge in [-0.1, -0.05) is 44.9 Å². The van der Waals surface area contributed by atoms with Crippen LogP contribution in [0, 0.1) is 5.92 Å². The number of hydrogen-bond acceptors (Lipinski definition) is 2. The molecule has 1 heterocycles. The number of piperazine rings is 1. The molecule has 0 radical (unpaired) electrons. The fourth-order valence-corrected chi connectivity index (χ4v) is 2.47. The van der Waals surface area contributed by atoms with Crippen molar-refractivity contribution in [2.45, 2.75) is 45.7 Å². The van der Waals surface area contributed by atoms with E-state index < -0.39 is 0 Å². The number of halogens is 1. The summed E-state index contributed by atoms with van der Waals surface area (Å²) in [5.41, 5.74) is 1.64. The summed E-state index contributed by atoms with van der Waals surface area (Å²) in [6, 6.07) is 1.30. The van der Waals surface area contributed by atoms with Crippen LogP contribution in [0.1, 0.15) is 33.6 Å². The van der Waals surface area contributed by atoms with E-state index in [-0.39, 0.29) is 0 Å². The SMILES string of the molecule is CCC1CN(C/C=C/Cl)C(C(C)CC)CN1. The molecule has 0 aliphatic carbocycles. The molecule has 1 aliphatic rings. The Morgan fingerprint density at radius 1 is 1.50 bits per heavy atom. The van der Waals surface area contributed by atoms with Crippen LogP contribution in [-0.2, 0) is 0 Å². The van der Waals surface area contributed by atoms with Crippen molar-refractivity contribution in [3.63, 3.8) is 0 Å². The average molecular weight is 245 g/mol. The molecule has 16 heavy (non-hydrogen) atoms. The highest BCUT2D eigenvalue weighted by Crippen LogP contribution is 2.18. The van der Waals surface area contributed by atoms with Gasteiger partial charge in [-0.25, -0.2) is 0 Å². The third-order valence-corrected chi connectivity index (χ3v) is 3.94. The second kappa shape index (κ2) is 7.31. The van der Waals surface area contributed by atoms with Gasteiger partial charge >= 0.3 is 0 Å². The molecular formula is C13H25ClN2. The van der Waals surface area contributed by atoms with Gasteiger partial charge in [-0.3, -0.25) is 4.90 Å². The number of nitrogens with one attached hydrogen (secondary N) is 1. The van der Waals surface area contributed by atoms with Crippen LogP contribution >= 0.6 is 11.6 Å². The van der Waals surface area contributed by atoms with E-state index in [9.17, 15) is 0 Å². The first-order valence-electron chi connectivity index (χ1n) is 6.45. The van der Waals surface area contributed by atoms with E-state index in [0.717, 1.165) is 25.6 Å². The molecular weight excluding hydrogens is 220 g/mol. The summed E-state index contributed by atoms with van der Waals surface area (Å²) in [7, 11) is 0. The maximum absolute atomic E-state index is 5.63. The van der Waals surface area contributed by atoms with E-state index in [1.54, 1.807) is 5.54 Å². The zero-order chi connectivity index (χ0) is 12.0. The normalized spacial score (nSPS) is 29.8. The van der Waals surface area contributed by atoms with Crippen LogP contribution in [0.3, 0.4) is 0 Å². The highest BCUT2D eigenvalue weighted by Gasteiger charge is 2.29. The van der Waals surface area contributed by atoms with Crippen LogP contribution in [0.15, 0.2) is 11.6 Å². The molecule has 94 valence electrons. The van der Waals surface area contributed by atoms with Crippen molar-refractivity contribution < 1.29 is 0 Å². The number of nitrogens with zero attached hydrogens (tertiary/aromatic N) is 1. The number of hydrogen-bond donors (Lipinski definition) is 1. The van der Waals surface area contributed by atoms with Gasteiger partial charge in [0.1, 0.15) is 0 Å². The van der Waals surface area contributed by atoms with Gasteiger partial charge in [-0.05, 0) is 12.3 Å². The summed E-state index contributed by atoms with van der Waals surface area (Å²) >= 11 is 5.63. The van der Waals surface area contributed by atoms with Crippen molar-refractivity contribution in [3.8, 4) is 0 Å². The van der Waals surface area contributed by atoms with Crippen LogP contribution in [0.5, 0.6) is 0 Å². The minimum atomic E-state index is 0.643. The zero-order valence-electron chi connectivity index (χ0n) is 10.7. The predicted molar refractivity (Wildman–Crippen MR) is 71.9 cm³/mol. The lowest BCUT2D eigenvalue weighted by atomic mass is 9.94. The molecule has 0 spiro atoms. The molecule has 0 aromatic rings. The van der Waals surface area contributed by atoms with Gasteiger partial charge in [0.05, 0.1) is 0 Å². The number of rotatable bonds is 5. The Labute approximate surface area is 105 Å². The largest absolute Gasteiger partial charge is 0.311 e. The summed E-state index contributed by atoms with van der Waals surface area (Å²) < 4.78 is 0. The summed E-state index contributed by atoms with van der Waals surface area (Å²) in [6.07, 6.45) is 4.49. The van der Waals surface area contributed by atoms with Crippen LogP contribution in [0.25, 0.3) is 0 Å². The van der Waals surface area contributed by atoms with E-state index in [2.05, 4.69) is 37.1 Å². The molecule has 0 aromatic heterocycles. The Balaban J connectivity index is 2.59. The molecule has 0 bridgehead atoms. The third-order valence-electron chi connectivity index (χ3n) is 3.76. The summed E-state index contributed by atoms with van der Waals surface area (Å²) in [6.45, 7) is 10.1. The molecule has 1 aliphatic heterocycles. The minimum absolute atomic E-state index is 0.643. The lowest BCUT2D eigenvalue weighted by Crippen LogP contribution is -2.58. The fraction of sp³-hybridized carbons (Fsp3) is 0.846. The van der Waals surface area contributed by atoms with Crippen LogP contribution in [0.4, 0.5) is 0 Å². The third kappa shape index (κ3) is 3.76. The van der Waals surface area contributed by atoms with E-state index in [1.807, 2.05) is 0 Å². The van der Waals surface area contributed by atoms with Crippen LogP contribution < -0.4 is 5.32 Å². The molecule has 3 unspecified atom stereocenters. The second-order valence-corrected chi connectivity index (χ2v) is 5.03. The van der Waals surface area contributed by atoms with Crippen molar-refractivity contribution in [2.24, 2.45) is 5.92 Å². The van der Waals surface area contributed by atoms with Crippen LogP contribution in [-0.4, -0.2) is 36.6 Å². The van der Waals surface area contributed by atoms with E-state index in [0.29, 0.717) is 12.1 Å². The molecule has 1 saturated heterocycles. The lowest BCUT2D eigenvalue weighted by Gasteiger charge is -2.42. The highest BCUT2D eigenvalue weighted by molar-refractivity contribution is 6.25. The van der Waals surface area contributed by atoms with Crippen molar-refractivity contribution in [3.05, 3.63) is 11.6 Å². The van der Waals surface area contributed by atoms with Gasteiger partial charge in [0.25, 0.3) is 0 Å². The van der Waals surface area contributed by atoms with Gasteiger partial charge in [0.2, 0.25) is 0 Å². The molecule has 0 aromatic carbocycles. The van der Waals surface area contributed by atoms with E-state index >= 15 is 0 Å². The average Bonchev–Trinajstić information content (AvgIpc) is 2.34. The molecule has 1 fully saturated rings. The van der Waals surface area contributed by atoms with E-state index in [1.165, 1.54) is 12.8 Å². The Morgan fingerprint density at radius 2 is 2.25 bits per heavy atom. The highest BCUT2D eigenvalue weighted by atomic mass is 35.5. The molecule has 3 atom stereocenters. The van der Waals surface area contributed by atoms with Crippen molar-refractivity contribution in [1.29, 1.82) is 0 Å². The molecule has 2 nitrogen and oxygen atoms in total. The smallest absolute Gasteiger partial charge is 0.0250 e. The van der Waals surface area contributed by atoms with E-state index in [4.69, 9.17) is 11.6 Å². The molecule has 1 rings (SSSR count). The van der Waals surface area contributed by atoms with Gasteiger partial charge in [-0.15, -0.1) is 0 Å². The standard InChI is InChI=1S/C13H25ClN2/c1-4-11(3)13-9-15-12(5-2)10-16(13)8-6-7-14/h6-7,11-13,15H,4-5,8-10H2,1-3H3/b7-6+. The summed E-state index contributed by atoms with van der Waals surface area (Å²) in [5.74, 6) is 0.744. The first-order valence-corrected chi connectivity index (χ1v) is 6.89. The van der Waals surface area contributed by atoms with Gasteiger partial charge in [0.15, 0.2) is 0 Å². The Morgan fingerprint density at radius 3 is 2.81 bits per heavy atom.